The summed E-state index contributed by atoms with van der Waals surface area (Å²) in [6, 6.07) is 4.07. The first-order chi connectivity index (χ1) is 11.1. The molecule has 7 heteroatoms. The van der Waals surface area contributed by atoms with Crippen molar-refractivity contribution in [2.24, 2.45) is 0 Å². The lowest BCUT2D eigenvalue weighted by Crippen LogP contribution is -2.27. The van der Waals surface area contributed by atoms with E-state index in [1.807, 2.05) is 28.6 Å². The van der Waals surface area contributed by atoms with E-state index in [1.165, 1.54) is 5.69 Å². The number of carboxylic acids is 1. The zero-order valence-electron chi connectivity index (χ0n) is 13.5. The maximum atomic E-state index is 10.7. The second-order valence-corrected chi connectivity index (χ2v) is 6.09. The SMILES string of the molecule is Cc1ccn(CCN2CCCn3nc(CCC(=O)O)cc3C2)n1. The standard InChI is InChI=1S/C16H23N5O2/c1-13-5-8-20(17-13)10-9-19-6-2-7-21-15(12-19)11-14(18-21)3-4-16(22)23/h5,8,11H,2-4,6-7,9-10,12H2,1H3,(H,22,23). The van der Waals surface area contributed by atoms with E-state index in [9.17, 15) is 4.79 Å². The lowest BCUT2D eigenvalue weighted by molar-refractivity contribution is -0.136. The highest BCUT2D eigenvalue weighted by Gasteiger charge is 2.17. The third-order valence-electron chi connectivity index (χ3n) is 4.16. The number of fused-ring (bicyclic) bond motifs is 1. The lowest BCUT2D eigenvalue weighted by atomic mass is 10.2. The van der Waals surface area contributed by atoms with Gasteiger partial charge in [-0.25, -0.2) is 0 Å². The molecule has 3 rings (SSSR count). The van der Waals surface area contributed by atoms with Gasteiger partial charge in [0.25, 0.3) is 0 Å². The van der Waals surface area contributed by atoms with Gasteiger partial charge in [-0.05, 0) is 25.5 Å². The highest BCUT2D eigenvalue weighted by Crippen LogP contribution is 2.15. The number of rotatable bonds is 6. The van der Waals surface area contributed by atoms with Crippen LogP contribution in [-0.2, 0) is 30.8 Å². The van der Waals surface area contributed by atoms with Crippen molar-refractivity contribution in [1.82, 2.24) is 24.5 Å². The Morgan fingerprint density at radius 3 is 2.91 bits per heavy atom. The van der Waals surface area contributed by atoms with Crippen molar-refractivity contribution < 1.29 is 9.90 Å². The molecule has 0 atom stereocenters. The molecule has 0 fully saturated rings. The van der Waals surface area contributed by atoms with Crippen LogP contribution in [0.2, 0.25) is 0 Å². The molecule has 124 valence electrons. The number of carboxylic acid groups (broad SMARTS) is 1. The van der Waals surface area contributed by atoms with Crippen LogP contribution in [0.5, 0.6) is 0 Å². The summed E-state index contributed by atoms with van der Waals surface area (Å²) in [6.07, 6.45) is 3.72. The Kier molecular flexibility index (Phi) is 4.76. The average Bonchev–Trinajstić information content (AvgIpc) is 3.04. The van der Waals surface area contributed by atoms with E-state index < -0.39 is 5.97 Å². The van der Waals surface area contributed by atoms with Gasteiger partial charge in [0.05, 0.1) is 30.0 Å². The number of carbonyl (C=O) groups is 1. The van der Waals surface area contributed by atoms with E-state index in [-0.39, 0.29) is 6.42 Å². The minimum Gasteiger partial charge on any atom is -0.481 e. The van der Waals surface area contributed by atoms with Crippen molar-refractivity contribution in [3.05, 3.63) is 35.4 Å². The van der Waals surface area contributed by atoms with Crippen LogP contribution in [0.15, 0.2) is 18.3 Å². The van der Waals surface area contributed by atoms with Gasteiger partial charge in [-0.15, -0.1) is 0 Å². The number of hydrogen-bond donors (Lipinski definition) is 1. The summed E-state index contributed by atoms with van der Waals surface area (Å²) < 4.78 is 4.02. The first-order valence-corrected chi connectivity index (χ1v) is 8.10. The molecule has 2 aromatic heterocycles. The maximum Gasteiger partial charge on any atom is 0.303 e. The van der Waals surface area contributed by atoms with Crippen LogP contribution >= 0.6 is 0 Å². The van der Waals surface area contributed by atoms with Gasteiger partial charge < -0.3 is 5.11 Å². The van der Waals surface area contributed by atoms with Crippen LogP contribution in [0.3, 0.4) is 0 Å². The number of hydrogen-bond acceptors (Lipinski definition) is 4. The van der Waals surface area contributed by atoms with E-state index in [4.69, 9.17) is 5.11 Å². The molecule has 23 heavy (non-hydrogen) atoms. The molecule has 0 spiro atoms. The molecule has 0 saturated carbocycles. The first kappa shape index (κ1) is 15.7. The molecule has 1 N–H and O–H groups in total. The molecule has 1 aliphatic rings. The molecule has 1 aliphatic heterocycles. The monoisotopic (exact) mass is 317 g/mol. The quantitative estimate of drug-likeness (QED) is 0.869. The van der Waals surface area contributed by atoms with Crippen LogP contribution in [0.25, 0.3) is 0 Å². The zero-order chi connectivity index (χ0) is 16.2. The molecule has 0 aliphatic carbocycles. The van der Waals surface area contributed by atoms with Crippen molar-refractivity contribution >= 4 is 5.97 Å². The number of nitrogens with zero attached hydrogens (tertiary/aromatic N) is 5. The highest BCUT2D eigenvalue weighted by atomic mass is 16.4. The van der Waals surface area contributed by atoms with Crippen LogP contribution < -0.4 is 0 Å². The Hall–Kier alpha value is -2.15. The fourth-order valence-electron chi connectivity index (χ4n) is 2.97. The van der Waals surface area contributed by atoms with E-state index >= 15 is 0 Å². The van der Waals surface area contributed by atoms with Crippen LogP contribution in [-0.4, -0.2) is 48.6 Å². The van der Waals surface area contributed by atoms with Gasteiger partial charge in [0.15, 0.2) is 0 Å². The van der Waals surface area contributed by atoms with Gasteiger partial charge in [0.1, 0.15) is 0 Å². The average molecular weight is 317 g/mol. The minimum atomic E-state index is -0.774. The topological polar surface area (TPSA) is 76.2 Å². The van der Waals surface area contributed by atoms with E-state index in [0.29, 0.717) is 6.42 Å². The summed E-state index contributed by atoms with van der Waals surface area (Å²) >= 11 is 0. The predicted molar refractivity (Wildman–Crippen MR) is 85.0 cm³/mol. The molecule has 0 radical (unpaired) electrons. The molecule has 0 bridgehead atoms. The molecule has 0 saturated heterocycles. The first-order valence-electron chi connectivity index (χ1n) is 8.10. The molecule has 3 heterocycles. The number of aliphatic carboxylic acids is 1. The predicted octanol–water partition coefficient (Wildman–Crippen LogP) is 1.31. The number of aromatic nitrogens is 4. The highest BCUT2D eigenvalue weighted by molar-refractivity contribution is 5.66. The van der Waals surface area contributed by atoms with Gasteiger partial charge in [0, 0.05) is 38.8 Å². The van der Waals surface area contributed by atoms with Crippen molar-refractivity contribution in [1.29, 1.82) is 0 Å². The van der Waals surface area contributed by atoms with Crippen LogP contribution in [0, 0.1) is 6.92 Å². The molecule has 7 nitrogen and oxygen atoms in total. The zero-order valence-corrected chi connectivity index (χ0v) is 13.5. The summed E-state index contributed by atoms with van der Waals surface area (Å²) in [4.78, 5) is 13.1. The van der Waals surface area contributed by atoms with Crippen LogP contribution in [0.4, 0.5) is 0 Å². The largest absolute Gasteiger partial charge is 0.481 e. The van der Waals surface area contributed by atoms with Gasteiger partial charge in [-0.2, -0.15) is 10.2 Å². The fourth-order valence-corrected chi connectivity index (χ4v) is 2.97. The van der Waals surface area contributed by atoms with Gasteiger partial charge >= 0.3 is 5.97 Å². The summed E-state index contributed by atoms with van der Waals surface area (Å²) in [5.74, 6) is -0.774. The fraction of sp³-hybridized carbons (Fsp3) is 0.562. The minimum absolute atomic E-state index is 0.138. The smallest absolute Gasteiger partial charge is 0.303 e. The van der Waals surface area contributed by atoms with E-state index in [2.05, 4.69) is 21.2 Å². The molecular weight excluding hydrogens is 294 g/mol. The summed E-state index contributed by atoms with van der Waals surface area (Å²) in [5.41, 5.74) is 3.11. The Morgan fingerprint density at radius 2 is 2.17 bits per heavy atom. The second kappa shape index (κ2) is 6.95. The summed E-state index contributed by atoms with van der Waals surface area (Å²) in [7, 11) is 0. The third kappa shape index (κ3) is 4.19. The Morgan fingerprint density at radius 1 is 1.30 bits per heavy atom. The normalized spacial score (nSPS) is 15.3. The Labute approximate surface area is 135 Å². The lowest BCUT2D eigenvalue weighted by Gasteiger charge is -2.19. The number of aryl methyl sites for hydroxylation is 3. The Bertz CT molecular complexity index is 676. The summed E-state index contributed by atoms with van der Waals surface area (Å²) in [6.45, 7) is 6.65. The third-order valence-corrected chi connectivity index (χ3v) is 4.16. The molecule has 0 unspecified atom stereocenters. The van der Waals surface area contributed by atoms with Crippen LogP contribution in [0.1, 0.15) is 29.9 Å². The van der Waals surface area contributed by atoms with Crippen molar-refractivity contribution in [2.45, 2.75) is 45.8 Å². The molecular formula is C16H23N5O2. The molecule has 0 amide bonds. The van der Waals surface area contributed by atoms with Crippen molar-refractivity contribution in [3.63, 3.8) is 0 Å². The van der Waals surface area contributed by atoms with Gasteiger partial charge in [-0.1, -0.05) is 0 Å². The van der Waals surface area contributed by atoms with Crippen molar-refractivity contribution in [2.75, 3.05) is 13.1 Å². The van der Waals surface area contributed by atoms with Gasteiger partial charge in [0.2, 0.25) is 0 Å². The summed E-state index contributed by atoms with van der Waals surface area (Å²) in [5, 5.41) is 17.8. The maximum absolute atomic E-state index is 10.7. The second-order valence-electron chi connectivity index (χ2n) is 6.09. The Balaban J connectivity index is 1.59. The van der Waals surface area contributed by atoms with E-state index in [0.717, 1.165) is 50.5 Å². The van der Waals surface area contributed by atoms with E-state index in [1.54, 1.807) is 0 Å². The van der Waals surface area contributed by atoms with Gasteiger partial charge in [-0.3, -0.25) is 19.1 Å². The molecule has 0 aromatic carbocycles. The molecule has 2 aromatic rings. The van der Waals surface area contributed by atoms with Crippen molar-refractivity contribution in [3.8, 4) is 0 Å².